The van der Waals surface area contributed by atoms with Crippen molar-refractivity contribution in [2.24, 2.45) is 0 Å². The lowest BCUT2D eigenvalue weighted by Gasteiger charge is -2.32. The normalized spacial score (nSPS) is 16.5. The minimum absolute atomic E-state index is 0.153. The van der Waals surface area contributed by atoms with E-state index in [1.165, 1.54) is 22.8 Å². The Labute approximate surface area is 151 Å². The number of rotatable bonds is 3. The summed E-state index contributed by atoms with van der Waals surface area (Å²) in [4.78, 5) is 22.1. The fraction of sp³-hybridized carbons (Fsp3) is 0.294. The molecule has 10 heteroatoms. The van der Waals surface area contributed by atoms with E-state index in [9.17, 15) is 18.0 Å². The number of nitrogens with zero attached hydrogens (tertiary/aromatic N) is 5. The van der Waals surface area contributed by atoms with Gasteiger partial charge in [-0.2, -0.15) is 0 Å². The molecule has 0 unspecified atom stereocenters. The number of pyridine rings is 1. The number of imidazole rings is 1. The number of hydrogen-bond donors (Lipinski definition) is 1. The Kier molecular flexibility index (Phi) is 4.17. The van der Waals surface area contributed by atoms with E-state index in [4.69, 9.17) is 0 Å². The first-order valence-corrected chi connectivity index (χ1v) is 8.32. The van der Waals surface area contributed by atoms with Crippen molar-refractivity contribution in [3.8, 4) is 0 Å². The predicted molar refractivity (Wildman–Crippen MR) is 91.5 cm³/mol. The van der Waals surface area contributed by atoms with Crippen molar-refractivity contribution in [3.63, 3.8) is 0 Å². The summed E-state index contributed by atoms with van der Waals surface area (Å²) >= 11 is 0. The molecule has 0 aliphatic carbocycles. The van der Waals surface area contributed by atoms with E-state index < -0.39 is 17.6 Å². The molecule has 1 aliphatic rings. The molecule has 1 N–H and O–H groups in total. The van der Waals surface area contributed by atoms with Crippen LogP contribution in [0.3, 0.4) is 0 Å². The molecule has 4 rings (SSSR count). The summed E-state index contributed by atoms with van der Waals surface area (Å²) < 4.78 is 41.0. The van der Waals surface area contributed by atoms with E-state index in [1.54, 1.807) is 17.0 Å². The molecule has 0 aromatic carbocycles. The molecule has 1 amide bonds. The van der Waals surface area contributed by atoms with Gasteiger partial charge in [-0.25, -0.2) is 27.7 Å². The molecule has 1 saturated heterocycles. The van der Waals surface area contributed by atoms with Gasteiger partial charge in [-0.05, 0) is 24.3 Å². The minimum Gasteiger partial charge on any atom is -0.355 e. The summed E-state index contributed by atoms with van der Waals surface area (Å²) in [6.45, 7) is 0.364. The first kappa shape index (κ1) is 17.3. The van der Waals surface area contributed by atoms with Crippen molar-refractivity contribution in [1.82, 2.24) is 19.6 Å². The lowest BCUT2D eigenvalue weighted by molar-refractivity contribution is -0.0221. The van der Waals surface area contributed by atoms with Crippen LogP contribution in [0.5, 0.6) is 0 Å². The average molecular weight is 376 g/mol. The predicted octanol–water partition coefficient (Wildman–Crippen LogP) is 2.75. The first-order chi connectivity index (χ1) is 12.9. The number of nitrogens with one attached hydrogen (secondary N) is 1. The maximum Gasteiger partial charge on any atom is 0.277 e. The summed E-state index contributed by atoms with van der Waals surface area (Å²) in [5.74, 6) is -3.00. The molecule has 3 aromatic rings. The Morgan fingerprint density at radius 2 is 1.85 bits per heavy atom. The Balaban J connectivity index is 1.58. The highest BCUT2D eigenvalue weighted by Crippen LogP contribution is 2.29. The van der Waals surface area contributed by atoms with Gasteiger partial charge >= 0.3 is 0 Å². The molecule has 0 spiro atoms. The number of fused-ring (bicyclic) bond motifs is 1. The third-order valence-corrected chi connectivity index (χ3v) is 4.37. The number of hydrogen-bond acceptors (Lipinski definition) is 5. The Morgan fingerprint density at radius 1 is 1.07 bits per heavy atom. The van der Waals surface area contributed by atoms with Crippen molar-refractivity contribution in [2.45, 2.75) is 18.8 Å². The van der Waals surface area contributed by atoms with E-state index in [1.807, 2.05) is 0 Å². The molecule has 3 aromatic heterocycles. The van der Waals surface area contributed by atoms with Gasteiger partial charge < -0.3 is 10.2 Å². The van der Waals surface area contributed by atoms with Gasteiger partial charge in [0.25, 0.3) is 11.8 Å². The molecular formula is C17H15F3N6O. The van der Waals surface area contributed by atoms with Crippen LogP contribution in [0.25, 0.3) is 5.65 Å². The highest BCUT2D eigenvalue weighted by Gasteiger charge is 2.34. The first-order valence-electron chi connectivity index (χ1n) is 8.32. The summed E-state index contributed by atoms with van der Waals surface area (Å²) in [6, 6.07) is 5.87. The number of piperidine rings is 1. The zero-order valence-corrected chi connectivity index (χ0v) is 14.1. The van der Waals surface area contributed by atoms with E-state index >= 15 is 0 Å². The number of amides is 1. The van der Waals surface area contributed by atoms with E-state index in [0.717, 1.165) is 6.20 Å². The van der Waals surface area contributed by atoms with Gasteiger partial charge in [-0.15, -0.1) is 5.10 Å². The van der Waals surface area contributed by atoms with Crippen molar-refractivity contribution < 1.29 is 18.0 Å². The van der Waals surface area contributed by atoms with E-state index in [0.29, 0.717) is 11.5 Å². The van der Waals surface area contributed by atoms with Crippen molar-refractivity contribution in [3.05, 3.63) is 48.2 Å². The second-order valence-corrected chi connectivity index (χ2v) is 6.26. The van der Waals surface area contributed by atoms with Crippen LogP contribution in [-0.2, 0) is 0 Å². The van der Waals surface area contributed by atoms with Gasteiger partial charge in [-0.1, -0.05) is 0 Å². The topological polar surface area (TPSA) is 75.4 Å². The molecule has 0 atom stereocenters. The molecule has 0 bridgehead atoms. The highest BCUT2D eigenvalue weighted by molar-refractivity contribution is 6.02. The smallest absolute Gasteiger partial charge is 0.277 e. The van der Waals surface area contributed by atoms with Gasteiger partial charge in [0.2, 0.25) is 0 Å². The zero-order chi connectivity index (χ0) is 19.0. The quantitative estimate of drug-likeness (QED) is 0.761. The average Bonchev–Trinajstić information content (AvgIpc) is 3.07. The molecule has 1 aliphatic heterocycles. The number of halogens is 3. The van der Waals surface area contributed by atoms with Crippen LogP contribution in [0.2, 0.25) is 0 Å². The number of alkyl halides is 2. The van der Waals surface area contributed by atoms with Crippen LogP contribution in [0, 0.1) is 5.82 Å². The van der Waals surface area contributed by atoms with Crippen LogP contribution in [0.1, 0.15) is 23.3 Å². The lowest BCUT2D eigenvalue weighted by atomic mass is 10.1. The lowest BCUT2D eigenvalue weighted by Crippen LogP contribution is -2.40. The maximum absolute atomic E-state index is 13.4. The summed E-state index contributed by atoms with van der Waals surface area (Å²) in [5, 5.41) is 6.92. The van der Waals surface area contributed by atoms with Gasteiger partial charge in [0.1, 0.15) is 17.5 Å². The number of carbonyl (C=O) groups excluding carboxylic acids is 1. The van der Waals surface area contributed by atoms with Crippen LogP contribution in [0.15, 0.2) is 36.7 Å². The molecular weight excluding hydrogens is 361 g/mol. The SMILES string of the molecule is O=C(Nc1ccc(F)cn1)c1cnc2ccc(N3CCC(F)(F)CC3)nn12. The van der Waals surface area contributed by atoms with Crippen LogP contribution >= 0.6 is 0 Å². The van der Waals surface area contributed by atoms with Crippen LogP contribution < -0.4 is 10.2 Å². The largest absolute Gasteiger partial charge is 0.355 e. The fourth-order valence-electron chi connectivity index (χ4n) is 2.88. The molecule has 7 nitrogen and oxygen atoms in total. The second kappa shape index (κ2) is 6.53. The summed E-state index contributed by atoms with van der Waals surface area (Å²) in [5.41, 5.74) is 0.596. The minimum atomic E-state index is -2.65. The number of carbonyl (C=O) groups is 1. The molecule has 0 saturated carbocycles. The van der Waals surface area contributed by atoms with E-state index in [-0.39, 0.29) is 37.4 Å². The molecule has 1 fully saturated rings. The third kappa shape index (κ3) is 3.55. The van der Waals surface area contributed by atoms with Gasteiger partial charge in [0.15, 0.2) is 11.3 Å². The van der Waals surface area contributed by atoms with E-state index in [2.05, 4.69) is 20.4 Å². The number of aromatic nitrogens is 4. The molecule has 4 heterocycles. The second-order valence-electron chi connectivity index (χ2n) is 6.26. The zero-order valence-electron chi connectivity index (χ0n) is 14.1. The Morgan fingerprint density at radius 3 is 2.56 bits per heavy atom. The summed E-state index contributed by atoms with van der Waals surface area (Å²) in [7, 11) is 0. The van der Waals surface area contributed by atoms with Gasteiger partial charge in [0.05, 0.1) is 12.4 Å². The van der Waals surface area contributed by atoms with Crippen molar-refractivity contribution >= 4 is 23.2 Å². The molecule has 140 valence electrons. The van der Waals surface area contributed by atoms with Crippen LogP contribution in [-0.4, -0.2) is 44.5 Å². The van der Waals surface area contributed by atoms with Crippen molar-refractivity contribution in [1.29, 1.82) is 0 Å². The highest BCUT2D eigenvalue weighted by atomic mass is 19.3. The maximum atomic E-state index is 13.4. The monoisotopic (exact) mass is 376 g/mol. The number of anilines is 2. The fourth-order valence-corrected chi connectivity index (χ4v) is 2.88. The third-order valence-electron chi connectivity index (χ3n) is 4.37. The van der Waals surface area contributed by atoms with Crippen LogP contribution in [0.4, 0.5) is 24.8 Å². The van der Waals surface area contributed by atoms with Gasteiger partial charge in [-0.3, -0.25) is 4.79 Å². The van der Waals surface area contributed by atoms with Crippen molar-refractivity contribution in [2.75, 3.05) is 23.3 Å². The summed E-state index contributed by atoms with van der Waals surface area (Å²) in [6.07, 6.45) is 1.88. The molecule has 27 heavy (non-hydrogen) atoms. The Bertz CT molecular complexity index is 978. The van der Waals surface area contributed by atoms with Gasteiger partial charge in [0, 0.05) is 25.9 Å². The Hall–Kier alpha value is -3.17. The standard InChI is InChI=1S/C17H15F3N6O/c18-11-1-2-13(21-9-11)23-16(27)12-10-22-14-3-4-15(24-26(12)14)25-7-5-17(19,20)6-8-25/h1-4,9-10H,5-8H2,(H,21,23,27). The molecule has 0 radical (unpaired) electrons.